The highest BCUT2D eigenvalue weighted by molar-refractivity contribution is 5.58. The molecule has 0 spiro atoms. The van der Waals surface area contributed by atoms with Crippen molar-refractivity contribution in [3.05, 3.63) is 42.6 Å². The highest BCUT2D eigenvalue weighted by atomic mass is 15.4. The molecule has 0 atom stereocenters. The number of aryl methyl sites for hydroxylation is 1. The van der Waals surface area contributed by atoms with Crippen molar-refractivity contribution in [2.24, 2.45) is 10.8 Å². The number of nitrogens with zero attached hydrogens (tertiary/aromatic N) is 2. The Morgan fingerprint density at radius 2 is 2.36 bits per heavy atom. The largest absolute Gasteiger partial charge is 0.388 e. The lowest BCUT2D eigenvalue weighted by Gasteiger charge is -2.13. The molecule has 0 saturated carbocycles. The minimum atomic E-state index is 0.973. The normalized spacial score (nSPS) is 10.4. The third-order valence-electron chi connectivity index (χ3n) is 1.95. The summed E-state index contributed by atoms with van der Waals surface area (Å²) in [5, 5.41) is 5.59. The molecule has 0 saturated heterocycles. The van der Waals surface area contributed by atoms with E-state index < -0.39 is 0 Å². The molecule has 0 aliphatic rings. The van der Waals surface area contributed by atoms with Crippen molar-refractivity contribution < 1.29 is 0 Å². The lowest BCUT2D eigenvalue weighted by atomic mass is 10.1. The summed E-state index contributed by atoms with van der Waals surface area (Å²) in [6, 6.07) is 8.11. The second-order valence-corrected chi connectivity index (χ2v) is 2.82. The average Bonchev–Trinajstić information content (AvgIpc) is 2.26. The van der Waals surface area contributed by atoms with Gasteiger partial charge in [-0.2, -0.15) is 5.10 Å². The molecule has 3 heteroatoms. The van der Waals surface area contributed by atoms with Crippen molar-refractivity contribution in [2.75, 3.05) is 5.01 Å². The molecular formula is C11H15N3. The molecule has 0 aliphatic carbocycles. The fourth-order valence-electron chi connectivity index (χ4n) is 1.21. The van der Waals surface area contributed by atoms with Gasteiger partial charge in [-0.25, -0.2) is 5.01 Å². The van der Waals surface area contributed by atoms with Crippen LogP contribution < -0.4 is 10.7 Å². The van der Waals surface area contributed by atoms with E-state index >= 15 is 0 Å². The smallest absolute Gasteiger partial charge is 0.107 e. The number of hydrogen-bond donors (Lipinski definition) is 1. The molecule has 74 valence electrons. The Bertz CT molecular complexity index is 331. The molecule has 3 nitrogen and oxygen atoms in total. The number of nitrogens with two attached hydrogens (primary N) is 1. The van der Waals surface area contributed by atoms with Gasteiger partial charge < -0.3 is 5.73 Å². The van der Waals surface area contributed by atoms with Crippen molar-refractivity contribution in [1.82, 2.24) is 0 Å². The van der Waals surface area contributed by atoms with Crippen LogP contribution in [0.5, 0.6) is 0 Å². The summed E-state index contributed by atoms with van der Waals surface area (Å²) in [6.07, 6.45) is 3.88. The van der Waals surface area contributed by atoms with Gasteiger partial charge in [-0.15, -0.1) is 0 Å². The first kappa shape index (κ1) is 10.3. The maximum absolute atomic E-state index is 5.23. The second-order valence-electron chi connectivity index (χ2n) is 2.82. The second kappa shape index (κ2) is 5.07. The Morgan fingerprint density at radius 1 is 1.57 bits per heavy atom. The van der Waals surface area contributed by atoms with Gasteiger partial charge in [0.25, 0.3) is 0 Å². The quantitative estimate of drug-likeness (QED) is 0.447. The molecular weight excluding hydrogens is 174 g/mol. The maximum Gasteiger partial charge on any atom is 0.107 e. The Labute approximate surface area is 84.5 Å². The van der Waals surface area contributed by atoms with Crippen LogP contribution in [-0.2, 0) is 6.42 Å². The van der Waals surface area contributed by atoms with Gasteiger partial charge in [0.1, 0.15) is 6.34 Å². The lowest BCUT2D eigenvalue weighted by molar-refractivity contribution is 1.07. The first-order valence-corrected chi connectivity index (χ1v) is 4.56. The fraction of sp³-hybridized carbons (Fsp3) is 0.182. The van der Waals surface area contributed by atoms with Crippen LogP contribution in [0.2, 0.25) is 0 Å². The van der Waals surface area contributed by atoms with Crippen LogP contribution in [-0.4, -0.2) is 6.34 Å². The number of rotatable bonds is 4. The highest BCUT2D eigenvalue weighted by Crippen LogP contribution is 2.16. The van der Waals surface area contributed by atoms with Gasteiger partial charge in [0.05, 0.1) is 5.69 Å². The van der Waals surface area contributed by atoms with E-state index in [0.717, 1.165) is 12.1 Å². The minimum absolute atomic E-state index is 0.973. The molecule has 0 aliphatic heterocycles. The fourth-order valence-corrected chi connectivity index (χ4v) is 1.21. The molecule has 0 aromatic heterocycles. The van der Waals surface area contributed by atoms with Crippen LogP contribution in [0.3, 0.4) is 0 Å². The lowest BCUT2D eigenvalue weighted by Crippen LogP contribution is -2.09. The van der Waals surface area contributed by atoms with Gasteiger partial charge in [-0.05, 0) is 24.1 Å². The first-order chi connectivity index (χ1) is 6.81. The topological polar surface area (TPSA) is 41.6 Å². The van der Waals surface area contributed by atoms with Crippen LogP contribution in [0, 0.1) is 0 Å². The van der Waals surface area contributed by atoms with Crippen LogP contribution in [0.15, 0.2) is 42.1 Å². The predicted molar refractivity (Wildman–Crippen MR) is 61.2 cm³/mol. The SMILES string of the molecule is C=CN(/N=C\N)c1cccc(CC)c1. The molecule has 0 amide bonds. The summed E-state index contributed by atoms with van der Waals surface area (Å²) in [5.41, 5.74) is 7.47. The van der Waals surface area contributed by atoms with Gasteiger partial charge in [0.15, 0.2) is 0 Å². The van der Waals surface area contributed by atoms with E-state index in [1.54, 1.807) is 11.2 Å². The number of hydrogen-bond acceptors (Lipinski definition) is 2. The molecule has 1 aromatic rings. The minimum Gasteiger partial charge on any atom is -0.388 e. The molecule has 14 heavy (non-hydrogen) atoms. The van der Waals surface area contributed by atoms with Crippen molar-refractivity contribution in [3.63, 3.8) is 0 Å². The Kier molecular flexibility index (Phi) is 3.73. The van der Waals surface area contributed by atoms with E-state index in [-0.39, 0.29) is 0 Å². The summed E-state index contributed by atoms with van der Waals surface area (Å²) < 4.78 is 0. The zero-order valence-electron chi connectivity index (χ0n) is 8.35. The molecule has 0 heterocycles. The summed E-state index contributed by atoms with van der Waals surface area (Å²) in [6.45, 7) is 5.78. The molecule has 0 radical (unpaired) electrons. The monoisotopic (exact) mass is 189 g/mol. The summed E-state index contributed by atoms with van der Waals surface area (Å²) in [5.74, 6) is 0. The third-order valence-corrected chi connectivity index (χ3v) is 1.95. The number of anilines is 1. The number of hydrazone groups is 1. The van der Waals surface area contributed by atoms with Crippen molar-refractivity contribution in [2.45, 2.75) is 13.3 Å². The van der Waals surface area contributed by atoms with E-state index in [1.807, 2.05) is 12.1 Å². The standard InChI is InChI=1S/C11H15N3/c1-3-10-6-5-7-11(8-10)14(4-2)13-9-12/h4-9H,2-3H2,1H3,(H2,12,13). The van der Waals surface area contributed by atoms with Crippen molar-refractivity contribution in [1.29, 1.82) is 0 Å². The Balaban J connectivity index is 2.97. The van der Waals surface area contributed by atoms with Crippen molar-refractivity contribution in [3.8, 4) is 0 Å². The molecule has 1 aromatic carbocycles. The Morgan fingerprint density at radius 3 is 2.93 bits per heavy atom. The third kappa shape index (κ3) is 2.36. The number of benzene rings is 1. The van der Waals surface area contributed by atoms with E-state index in [4.69, 9.17) is 5.73 Å². The highest BCUT2D eigenvalue weighted by Gasteiger charge is 1.99. The van der Waals surface area contributed by atoms with Crippen molar-refractivity contribution >= 4 is 12.0 Å². The van der Waals surface area contributed by atoms with Gasteiger partial charge in [0, 0.05) is 6.20 Å². The molecule has 0 fully saturated rings. The Hall–Kier alpha value is -1.77. The van der Waals surface area contributed by atoms with E-state index in [2.05, 4.69) is 30.7 Å². The van der Waals surface area contributed by atoms with Crippen LogP contribution >= 0.6 is 0 Å². The van der Waals surface area contributed by atoms with Gasteiger partial charge >= 0.3 is 0 Å². The molecule has 0 bridgehead atoms. The van der Waals surface area contributed by atoms with Gasteiger partial charge in [-0.1, -0.05) is 25.6 Å². The van der Waals surface area contributed by atoms with E-state index in [1.165, 1.54) is 11.9 Å². The zero-order valence-corrected chi connectivity index (χ0v) is 8.35. The molecule has 2 N–H and O–H groups in total. The molecule has 1 rings (SSSR count). The average molecular weight is 189 g/mol. The van der Waals surface area contributed by atoms with E-state index in [0.29, 0.717) is 0 Å². The first-order valence-electron chi connectivity index (χ1n) is 4.56. The van der Waals surface area contributed by atoms with Gasteiger partial charge in [-0.3, -0.25) is 0 Å². The van der Waals surface area contributed by atoms with Crippen LogP contribution in [0.25, 0.3) is 0 Å². The van der Waals surface area contributed by atoms with Gasteiger partial charge in [0.2, 0.25) is 0 Å². The summed E-state index contributed by atoms with van der Waals surface area (Å²) in [7, 11) is 0. The van der Waals surface area contributed by atoms with E-state index in [9.17, 15) is 0 Å². The summed E-state index contributed by atoms with van der Waals surface area (Å²) in [4.78, 5) is 0. The van der Waals surface area contributed by atoms with Crippen LogP contribution in [0.1, 0.15) is 12.5 Å². The summed E-state index contributed by atoms with van der Waals surface area (Å²) >= 11 is 0. The van der Waals surface area contributed by atoms with Crippen LogP contribution in [0.4, 0.5) is 5.69 Å². The molecule has 0 unspecified atom stereocenters. The zero-order chi connectivity index (χ0) is 10.4. The maximum atomic E-state index is 5.23. The predicted octanol–water partition coefficient (Wildman–Crippen LogP) is 2.10.